The van der Waals surface area contributed by atoms with Gasteiger partial charge in [-0.25, -0.2) is 0 Å². The Morgan fingerprint density at radius 1 is 1.13 bits per heavy atom. The van der Waals surface area contributed by atoms with Crippen LogP contribution in [0.5, 0.6) is 0 Å². The molecule has 0 radical (unpaired) electrons. The van der Waals surface area contributed by atoms with Crippen molar-refractivity contribution in [1.29, 1.82) is 0 Å². The van der Waals surface area contributed by atoms with Crippen LogP contribution in [-0.4, -0.2) is 12.6 Å². The zero-order chi connectivity index (χ0) is 11.1. The highest BCUT2D eigenvalue weighted by Crippen LogP contribution is 2.63. The second kappa shape index (κ2) is 3.76. The van der Waals surface area contributed by atoms with Gasteiger partial charge in [0.2, 0.25) is 0 Å². The second-order valence-corrected chi connectivity index (χ2v) is 6.99. The van der Waals surface area contributed by atoms with Crippen LogP contribution in [0.25, 0.3) is 0 Å². The molecule has 2 aliphatic carbocycles. The fourth-order valence-corrected chi connectivity index (χ4v) is 3.14. The Kier molecular flexibility index (Phi) is 2.87. The van der Waals surface area contributed by atoms with E-state index in [0.717, 1.165) is 11.3 Å². The highest BCUT2D eigenvalue weighted by atomic mass is 14.9. The molecule has 2 aliphatic rings. The molecule has 88 valence electrons. The van der Waals surface area contributed by atoms with Crippen LogP contribution in [0.3, 0.4) is 0 Å². The molecule has 1 unspecified atom stereocenters. The minimum absolute atomic E-state index is 0.629. The summed E-state index contributed by atoms with van der Waals surface area (Å²) in [5.74, 6) is 0.996. The Balaban J connectivity index is 1.77. The van der Waals surface area contributed by atoms with Crippen molar-refractivity contribution in [2.75, 3.05) is 6.54 Å². The van der Waals surface area contributed by atoms with Gasteiger partial charge in [-0.1, -0.05) is 27.7 Å². The van der Waals surface area contributed by atoms with Crippen molar-refractivity contribution in [3.05, 3.63) is 0 Å². The molecule has 2 fully saturated rings. The van der Waals surface area contributed by atoms with Crippen LogP contribution in [0, 0.1) is 16.7 Å². The van der Waals surface area contributed by atoms with E-state index in [1.807, 2.05) is 0 Å². The summed E-state index contributed by atoms with van der Waals surface area (Å²) in [5, 5.41) is 3.60. The second-order valence-electron chi connectivity index (χ2n) is 6.99. The standard InChI is InChI=1S/C14H27N/c1-11(2)15-10-12-9-14(12)7-5-13(3,4)6-8-14/h11-12,15H,5-10H2,1-4H3. The first kappa shape index (κ1) is 11.4. The van der Waals surface area contributed by atoms with E-state index in [1.165, 1.54) is 38.6 Å². The molecular weight excluding hydrogens is 182 g/mol. The van der Waals surface area contributed by atoms with E-state index in [4.69, 9.17) is 0 Å². The smallest absolute Gasteiger partial charge is 0.00104 e. The van der Waals surface area contributed by atoms with Crippen molar-refractivity contribution in [1.82, 2.24) is 5.32 Å². The molecule has 0 amide bonds. The Morgan fingerprint density at radius 2 is 1.73 bits per heavy atom. The van der Waals surface area contributed by atoms with Gasteiger partial charge >= 0.3 is 0 Å². The zero-order valence-electron chi connectivity index (χ0n) is 10.9. The molecule has 0 aliphatic heterocycles. The molecule has 0 aromatic carbocycles. The summed E-state index contributed by atoms with van der Waals surface area (Å²) >= 11 is 0. The van der Waals surface area contributed by atoms with Crippen LogP contribution in [0.2, 0.25) is 0 Å². The quantitative estimate of drug-likeness (QED) is 0.749. The van der Waals surface area contributed by atoms with Gasteiger partial charge in [0.15, 0.2) is 0 Å². The summed E-state index contributed by atoms with van der Waals surface area (Å²) in [4.78, 5) is 0. The van der Waals surface area contributed by atoms with Gasteiger partial charge < -0.3 is 5.32 Å². The maximum atomic E-state index is 3.60. The predicted octanol–water partition coefficient (Wildman–Crippen LogP) is 3.59. The Hall–Kier alpha value is -0.0400. The van der Waals surface area contributed by atoms with E-state index >= 15 is 0 Å². The average molecular weight is 209 g/mol. The van der Waals surface area contributed by atoms with E-state index in [1.54, 1.807) is 0 Å². The van der Waals surface area contributed by atoms with E-state index in [0.29, 0.717) is 11.5 Å². The third-order valence-corrected chi connectivity index (χ3v) is 4.73. The molecule has 0 bridgehead atoms. The van der Waals surface area contributed by atoms with Gasteiger partial charge in [-0.05, 0) is 55.4 Å². The van der Waals surface area contributed by atoms with E-state index in [-0.39, 0.29) is 0 Å². The predicted molar refractivity (Wildman–Crippen MR) is 65.9 cm³/mol. The lowest BCUT2D eigenvalue weighted by atomic mass is 9.71. The first-order valence-electron chi connectivity index (χ1n) is 6.67. The van der Waals surface area contributed by atoms with Gasteiger partial charge in [0.05, 0.1) is 0 Å². The fourth-order valence-electron chi connectivity index (χ4n) is 3.14. The summed E-state index contributed by atoms with van der Waals surface area (Å²) < 4.78 is 0. The first-order valence-corrected chi connectivity index (χ1v) is 6.67. The molecule has 1 atom stereocenters. The van der Waals surface area contributed by atoms with Gasteiger partial charge in [0, 0.05) is 6.04 Å². The molecule has 2 saturated carbocycles. The lowest BCUT2D eigenvalue weighted by Gasteiger charge is -2.35. The molecule has 1 nitrogen and oxygen atoms in total. The SMILES string of the molecule is CC(C)NCC1CC12CCC(C)(C)CC2. The van der Waals surface area contributed by atoms with E-state index < -0.39 is 0 Å². The molecule has 0 aromatic rings. The van der Waals surface area contributed by atoms with E-state index in [2.05, 4.69) is 33.0 Å². The Labute approximate surface area is 95.0 Å². The third kappa shape index (κ3) is 2.55. The van der Waals surface area contributed by atoms with Crippen LogP contribution in [0.1, 0.15) is 59.8 Å². The Morgan fingerprint density at radius 3 is 2.27 bits per heavy atom. The molecule has 0 aromatic heterocycles. The highest BCUT2D eigenvalue weighted by Gasteiger charge is 2.55. The number of hydrogen-bond acceptors (Lipinski definition) is 1. The highest BCUT2D eigenvalue weighted by molar-refractivity contribution is 5.06. The van der Waals surface area contributed by atoms with Crippen LogP contribution in [0.15, 0.2) is 0 Å². The van der Waals surface area contributed by atoms with Crippen molar-refractivity contribution in [3.8, 4) is 0 Å². The van der Waals surface area contributed by atoms with Crippen molar-refractivity contribution >= 4 is 0 Å². The summed E-state index contributed by atoms with van der Waals surface area (Å²) in [6.07, 6.45) is 7.38. The molecular formula is C14H27N. The molecule has 1 spiro atoms. The number of rotatable bonds is 3. The number of nitrogens with one attached hydrogen (secondary N) is 1. The molecule has 0 saturated heterocycles. The van der Waals surface area contributed by atoms with Gasteiger partial charge in [-0.3, -0.25) is 0 Å². The van der Waals surface area contributed by atoms with Gasteiger partial charge in [-0.2, -0.15) is 0 Å². The minimum Gasteiger partial charge on any atom is -0.314 e. The van der Waals surface area contributed by atoms with E-state index in [9.17, 15) is 0 Å². The average Bonchev–Trinajstić information content (AvgIpc) is 2.82. The van der Waals surface area contributed by atoms with Gasteiger partial charge in [0.1, 0.15) is 0 Å². The molecule has 15 heavy (non-hydrogen) atoms. The van der Waals surface area contributed by atoms with Crippen LogP contribution in [0.4, 0.5) is 0 Å². The Bertz CT molecular complexity index is 219. The molecule has 1 N–H and O–H groups in total. The maximum Gasteiger partial charge on any atom is 0.00104 e. The van der Waals surface area contributed by atoms with Crippen LogP contribution >= 0.6 is 0 Å². The summed E-state index contributed by atoms with van der Waals surface area (Å²) in [6, 6.07) is 0.655. The number of hydrogen-bond donors (Lipinski definition) is 1. The van der Waals surface area contributed by atoms with Crippen molar-refractivity contribution in [2.45, 2.75) is 65.8 Å². The summed E-state index contributed by atoms with van der Waals surface area (Å²) in [7, 11) is 0. The first-order chi connectivity index (χ1) is 6.94. The minimum atomic E-state index is 0.629. The summed E-state index contributed by atoms with van der Waals surface area (Å²) in [5.41, 5.74) is 1.40. The maximum absolute atomic E-state index is 3.60. The van der Waals surface area contributed by atoms with Crippen LogP contribution < -0.4 is 5.32 Å². The lowest BCUT2D eigenvalue weighted by molar-refractivity contribution is 0.165. The molecule has 2 rings (SSSR count). The lowest BCUT2D eigenvalue weighted by Crippen LogP contribution is -2.29. The largest absolute Gasteiger partial charge is 0.314 e. The van der Waals surface area contributed by atoms with Gasteiger partial charge in [0.25, 0.3) is 0 Å². The normalized spacial score (nSPS) is 32.2. The third-order valence-electron chi connectivity index (χ3n) is 4.73. The summed E-state index contributed by atoms with van der Waals surface area (Å²) in [6.45, 7) is 10.6. The van der Waals surface area contributed by atoms with Crippen LogP contribution in [-0.2, 0) is 0 Å². The zero-order valence-corrected chi connectivity index (χ0v) is 10.9. The topological polar surface area (TPSA) is 12.0 Å². The van der Waals surface area contributed by atoms with Gasteiger partial charge in [-0.15, -0.1) is 0 Å². The monoisotopic (exact) mass is 209 g/mol. The fraction of sp³-hybridized carbons (Fsp3) is 1.00. The van der Waals surface area contributed by atoms with Crippen molar-refractivity contribution < 1.29 is 0 Å². The van der Waals surface area contributed by atoms with Crippen molar-refractivity contribution in [2.24, 2.45) is 16.7 Å². The molecule has 1 heteroatoms. The van der Waals surface area contributed by atoms with Crippen molar-refractivity contribution in [3.63, 3.8) is 0 Å². The molecule has 0 heterocycles.